The fourth-order valence-electron chi connectivity index (χ4n) is 2.25. The molecule has 0 aromatic heterocycles. The summed E-state index contributed by atoms with van der Waals surface area (Å²) in [5, 5.41) is 3.26. The normalized spacial score (nSPS) is 14.2. The van der Waals surface area contributed by atoms with Crippen LogP contribution in [0.1, 0.15) is 23.2 Å². The Kier molecular flexibility index (Phi) is 4.99. The fourth-order valence-corrected chi connectivity index (χ4v) is 3.87. The summed E-state index contributed by atoms with van der Waals surface area (Å²) in [7, 11) is -2.36. The molecule has 1 amide bonds. The number of benzene rings is 2. The van der Waals surface area contributed by atoms with Gasteiger partial charge in [-0.15, -0.1) is 0 Å². The molecule has 0 heterocycles. The Labute approximate surface area is 151 Å². The molecule has 25 heavy (non-hydrogen) atoms. The summed E-state index contributed by atoms with van der Waals surface area (Å²) in [5.41, 5.74) is 0.776. The lowest BCUT2D eigenvalue weighted by atomic mass is 10.2. The maximum atomic E-state index is 12.5. The number of carbonyl (C=O) groups is 1. The molecule has 8 heteroatoms. The molecule has 1 saturated carbocycles. The second-order valence-electron chi connectivity index (χ2n) is 5.72. The highest BCUT2D eigenvalue weighted by molar-refractivity contribution is 7.89. The molecule has 0 radical (unpaired) electrons. The molecule has 0 saturated heterocycles. The largest absolute Gasteiger partial charge is 0.495 e. The van der Waals surface area contributed by atoms with Gasteiger partial charge in [0.2, 0.25) is 10.0 Å². The van der Waals surface area contributed by atoms with E-state index in [4.69, 9.17) is 16.3 Å². The number of anilines is 1. The van der Waals surface area contributed by atoms with Crippen molar-refractivity contribution in [3.63, 3.8) is 0 Å². The van der Waals surface area contributed by atoms with Gasteiger partial charge in [0, 0.05) is 22.3 Å². The predicted octanol–water partition coefficient (Wildman–Crippen LogP) is 3.04. The van der Waals surface area contributed by atoms with Gasteiger partial charge in [-0.2, -0.15) is 0 Å². The fraction of sp³-hybridized carbons (Fsp3) is 0.235. The van der Waals surface area contributed by atoms with Crippen molar-refractivity contribution < 1.29 is 17.9 Å². The topological polar surface area (TPSA) is 84.5 Å². The molecule has 0 atom stereocenters. The molecular weight excluding hydrogens is 364 g/mol. The van der Waals surface area contributed by atoms with E-state index in [1.807, 2.05) is 0 Å². The third kappa shape index (κ3) is 4.31. The van der Waals surface area contributed by atoms with Crippen molar-refractivity contribution in [2.75, 3.05) is 12.4 Å². The van der Waals surface area contributed by atoms with Crippen LogP contribution in [0.25, 0.3) is 0 Å². The van der Waals surface area contributed by atoms with Crippen LogP contribution < -0.4 is 14.8 Å². The Morgan fingerprint density at radius 1 is 1.16 bits per heavy atom. The molecule has 3 rings (SSSR count). The number of nitrogens with one attached hydrogen (secondary N) is 2. The molecule has 6 nitrogen and oxygen atoms in total. The minimum atomic E-state index is -3.75. The van der Waals surface area contributed by atoms with E-state index in [1.54, 1.807) is 24.3 Å². The monoisotopic (exact) mass is 380 g/mol. The standard InChI is InChI=1S/C17H17ClN2O4S/c1-24-15-9-2-11(10-16(15)25(22,23)20-14-7-8-14)17(21)19-13-5-3-12(18)4-6-13/h2-6,9-10,14,20H,7-8H2,1H3,(H,19,21). The SMILES string of the molecule is COc1ccc(C(=O)Nc2ccc(Cl)cc2)cc1S(=O)(=O)NC1CC1. The van der Waals surface area contributed by atoms with Gasteiger partial charge in [-0.3, -0.25) is 4.79 Å². The Hall–Kier alpha value is -2.09. The van der Waals surface area contributed by atoms with Gasteiger partial charge in [-0.1, -0.05) is 11.6 Å². The Balaban J connectivity index is 1.87. The van der Waals surface area contributed by atoms with Crippen LogP contribution in [0.2, 0.25) is 5.02 Å². The Bertz CT molecular complexity index is 893. The van der Waals surface area contributed by atoms with Crippen LogP contribution in [0.5, 0.6) is 5.75 Å². The first kappa shape index (κ1) is 17.7. The van der Waals surface area contributed by atoms with E-state index in [-0.39, 0.29) is 22.3 Å². The summed E-state index contributed by atoms with van der Waals surface area (Å²) in [5.74, 6) is -0.232. The predicted molar refractivity (Wildman–Crippen MR) is 95.7 cm³/mol. The molecular formula is C17H17ClN2O4S. The summed E-state index contributed by atoms with van der Waals surface area (Å²) >= 11 is 5.82. The lowest BCUT2D eigenvalue weighted by molar-refractivity contribution is 0.102. The van der Waals surface area contributed by atoms with Crippen molar-refractivity contribution in [2.24, 2.45) is 0 Å². The molecule has 1 aliphatic rings. The first-order valence-electron chi connectivity index (χ1n) is 7.66. The van der Waals surface area contributed by atoms with Gasteiger partial charge >= 0.3 is 0 Å². The van der Waals surface area contributed by atoms with Gasteiger partial charge < -0.3 is 10.1 Å². The second-order valence-corrected chi connectivity index (χ2v) is 7.84. The minimum Gasteiger partial charge on any atom is -0.495 e. The van der Waals surface area contributed by atoms with E-state index in [2.05, 4.69) is 10.0 Å². The van der Waals surface area contributed by atoms with Crippen LogP contribution in [0.15, 0.2) is 47.4 Å². The third-order valence-electron chi connectivity index (χ3n) is 3.72. The van der Waals surface area contributed by atoms with Crippen molar-refractivity contribution in [2.45, 2.75) is 23.8 Å². The summed E-state index contributed by atoms with van der Waals surface area (Å²) in [4.78, 5) is 12.4. The molecule has 2 N–H and O–H groups in total. The summed E-state index contributed by atoms with van der Waals surface area (Å²) in [6.07, 6.45) is 1.64. The zero-order valence-electron chi connectivity index (χ0n) is 13.5. The van der Waals surface area contributed by atoms with E-state index in [1.165, 1.54) is 25.3 Å². The number of methoxy groups -OCH3 is 1. The molecule has 2 aromatic rings. The van der Waals surface area contributed by atoms with Gasteiger partial charge in [0.1, 0.15) is 10.6 Å². The van der Waals surface area contributed by atoms with E-state index >= 15 is 0 Å². The summed E-state index contributed by atoms with van der Waals surface area (Å²) in [6.45, 7) is 0. The highest BCUT2D eigenvalue weighted by atomic mass is 35.5. The van der Waals surface area contributed by atoms with Crippen LogP contribution in [-0.4, -0.2) is 27.5 Å². The number of amides is 1. The summed E-state index contributed by atoms with van der Waals surface area (Å²) < 4.78 is 32.7. The van der Waals surface area contributed by atoms with E-state index < -0.39 is 15.9 Å². The van der Waals surface area contributed by atoms with Crippen molar-refractivity contribution >= 4 is 33.2 Å². The number of hydrogen-bond acceptors (Lipinski definition) is 4. The lowest BCUT2D eigenvalue weighted by Crippen LogP contribution is -2.26. The highest BCUT2D eigenvalue weighted by Crippen LogP contribution is 2.28. The molecule has 1 aliphatic carbocycles. The van der Waals surface area contributed by atoms with Crippen LogP contribution in [0, 0.1) is 0 Å². The highest BCUT2D eigenvalue weighted by Gasteiger charge is 2.30. The molecule has 1 fully saturated rings. The van der Waals surface area contributed by atoms with Crippen LogP contribution >= 0.6 is 11.6 Å². The minimum absolute atomic E-state index is 0.0405. The van der Waals surface area contributed by atoms with E-state index in [0.29, 0.717) is 10.7 Å². The summed E-state index contributed by atoms with van der Waals surface area (Å²) in [6, 6.07) is 10.9. The number of rotatable bonds is 6. The molecule has 0 unspecified atom stereocenters. The lowest BCUT2D eigenvalue weighted by Gasteiger charge is -2.12. The second kappa shape index (κ2) is 7.03. The zero-order valence-corrected chi connectivity index (χ0v) is 15.0. The third-order valence-corrected chi connectivity index (χ3v) is 5.51. The number of carbonyl (C=O) groups excluding carboxylic acids is 1. The quantitative estimate of drug-likeness (QED) is 0.806. The van der Waals surface area contributed by atoms with Gasteiger partial charge in [0.15, 0.2) is 0 Å². The first-order chi connectivity index (χ1) is 11.9. The maximum Gasteiger partial charge on any atom is 0.255 e. The smallest absolute Gasteiger partial charge is 0.255 e. The van der Waals surface area contributed by atoms with Crippen molar-refractivity contribution in [3.05, 3.63) is 53.1 Å². The average molecular weight is 381 g/mol. The number of hydrogen-bond donors (Lipinski definition) is 2. The van der Waals surface area contributed by atoms with Gasteiger partial charge in [0.25, 0.3) is 5.91 Å². The van der Waals surface area contributed by atoms with Gasteiger partial charge in [-0.05, 0) is 55.3 Å². The molecule has 2 aromatic carbocycles. The first-order valence-corrected chi connectivity index (χ1v) is 9.52. The number of ether oxygens (including phenoxy) is 1. The van der Waals surface area contributed by atoms with Gasteiger partial charge in [-0.25, -0.2) is 13.1 Å². The molecule has 132 valence electrons. The van der Waals surface area contributed by atoms with E-state index in [0.717, 1.165) is 12.8 Å². The van der Waals surface area contributed by atoms with Crippen LogP contribution in [0.3, 0.4) is 0 Å². The number of sulfonamides is 1. The van der Waals surface area contributed by atoms with Crippen molar-refractivity contribution in [3.8, 4) is 5.75 Å². The van der Waals surface area contributed by atoms with Gasteiger partial charge in [0.05, 0.1) is 7.11 Å². The van der Waals surface area contributed by atoms with Crippen molar-refractivity contribution in [1.29, 1.82) is 0 Å². The average Bonchev–Trinajstić information content (AvgIpc) is 3.39. The van der Waals surface area contributed by atoms with Crippen molar-refractivity contribution in [1.82, 2.24) is 4.72 Å². The molecule has 0 aliphatic heterocycles. The molecule has 0 spiro atoms. The van der Waals surface area contributed by atoms with Crippen LogP contribution in [-0.2, 0) is 10.0 Å². The number of halogens is 1. The Morgan fingerprint density at radius 2 is 1.84 bits per heavy atom. The zero-order chi connectivity index (χ0) is 18.0. The Morgan fingerprint density at radius 3 is 2.44 bits per heavy atom. The van der Waals surface area contributed by atoms with Crippen LogP contribution in [0.4, 0.5) is 5.69 Å². The molecule has 0 bridgehead atoms. The van der Waals surface area contributed by atoms with E-state index in [9.17, 15) is 13.2 Å². The maximum absolute atomic E-state index is 12.5.